The van der Waals surface area contributed by atoms with Crippen LogP contribution in [-0.2, 0) is 5.41 Å². The highest BCUT2D eigenvalue weighted by Crippen LogP contribution is 2.26. The Balaban J connectivity index is 2.87. The van der Waals surface area contributed by atoms with Crippen LogP contribution in [0.4, 0.5) is 0 Å². The molecule has 0 spiro atoms. The van der Waals surface area contributed by atoms with Crippen LogP contribution in [0.25, 0.3) is 0 Å². The fourth-order valence-corrected chi connectivity index (χ4v) is 1.77. The third-order valence-electron chi connectivity index (χ3n) is 2.40. The standard InChI is InChI=1S/C11H16IN/c1-11(2,7-8-13)9-3-5-10(12)6-4-9/h3-6H,7-8,13H2,1-2H3. The summed E-state index contributed by atoms with van der Waals surface area (Å²) < 4.78 is 1.28. The third-order valence-corrected chi connectivity index (χ3v) is 3.11. The predicted octanol–water partition coefficient (Wildman–Crippen LogP) is 2.92. The lowest BCUT2D eigenvalue weighted by atomic mass is 9.82. The Morgan fingerprint density at radius 2 is 1.77 bits per heavy atom. The van der Waals surface area contributed by atoms with E-state index >= 15 is 0 Å². The Hall–Kier alpha value is -0.0900. The molecule has 1 nitrogen and oxygen atoms in total. The van der Waals surface area contributed by atoms with Gasteiger partial charge in [-0.2, -0.15) is 0 Å². The molecule has 2 N–H and O–H groups in total. The maximum atomic E-state index is 5.58. The summed E-state index contributed by atoms with van der Waals surface area (Å²) in [4.78, 5) is 0. The first-order valence-electron chi connectivity index (χ1n) is 4.52. The molecular weight excluding hydrogens is 273 g/mol. The molecule has 1 rings (SSSR count). The second-order valence-electron chi connectivity index (χ2n) is 3.93. The van der Waals surface area contributed by atoms with Crippen LogP contribution in [0, 0.1) is 3.57 Å². The van der Waals surface area contributed by atoms with E-state index in [0.29, 0.717) is 0 Å². The van der Waals surface area contributed by atoms with E-state index in [0.717, 1.165) is 13.0 Å². The molecule has 1 aromatic carbocycles. The Labute approximate surface area is 93.9 Å². The van der Waals surface area contributed by atoms with E-state index in [1.54, 1.807) is 0 Å². The Bertz CT molecular complexity index is 264. The maximum absolute atomic E-state index is 5.58. The topological polar surface area (TPSA) is 26.0 Å². The van der Waals surface area contributed by atoms with Gasteiger partial charge >= 0.3 is 0 Å². The van der Waals surface area contributed by atoms with Crippen molar-refractivity contribution in [1.29, 1.82) is 0 Å². The minimum Gasteiger partial charge on any atom is -0.330 e. The van der Waals surface area contributed by atoms with E-state index in [1.807, 2.05) is 0 Å². The quantitative estimate of drug-likeness (QED) is 0.851. The van der Waals surface area contributed by atoms with Crippen LogP contribution in [0.2, 0.25) is 0 Å². The molecule has 0 aliphatic carbocycles. The van der Waals surface area contributed by atoms with Crippen molar-refractivity contribution in [2.45, 2.75) is 25.7 Å². The summed E-state index contributed by atoms with van der Waals surface area (Å²) in [5.41, 5.74) is 7.16. The van der Waals surface area contributed by atoms with Gasteiger partial charge in [0, 0.05) is 3.57 Å². The maximum Gasteiger partial charge on any atom is 0.0130 e. The largest absolute Gasteiger partial charge is 0.330 e. The number of hydrogen-bond acceptors (Lipinski definition) is 1. The second-order valence-corrected chi connectivity index (χ2v) is 5.18. The van der Waals surface area contributed by atoms with Crippen LogP contribution >= 0.6 is 22.6 Å². The van der Waals surface area contributed by atoms with Crippen molar-refractivity contribution in [2.75, 3.05) is 6.54 Å². The number of rotatable bonds is 3. The second kappa shape index (κ2) is 4.42. The lowest BCUT2D eigenvalue weighted by Crippen LogP contribution is -2.21. The number of halogens is 1. The summed E-state index contributed by atoms with van der Waals surface area (Å²) in [6.45, 7) is 5.23. The smallest absolute Gasteiger partial charge is 0.0130 e. The fourth-order valence-electron chi connectivity index (χ4n) is 1.41. The Kier molecular flexibility index (Phi) is 3.74. The molecule has 2 heteroatoms. The fraction of sp³-hybridized carbons (Fsp3) is 0.455. The van der Waals surface area contributed by atoms with Crippen LogP contribution in [0.3, 0.4) is 0 Å². The summed E-state index contributed by atoms with van der Waals surface area (Å²) in [5.74, 6) is 0. The van der Waals surface area contributed by atoms with Crippen molar-refractivity contribution in [2.24, 2.45) is 5.73 Å². The van der Waals surface area contributed by atoms with Gasteiger partial charge in [0.05, 0.1) is 0 Å². The van der Waals surface area contributed by atoms with Crippen LogP contribution in [0.1, 0.15) is 25.8 Å². The number of benzene rings is 1. The van der Waals surface area contributed by atoms with Gasteiger partial charge in [-0.15, -0.1) is 0 Å². The van der Waals surface area contributed by atoms with Crippen LogP contribution < -0.4 is 5.73 Å². The molecular formula is C11H16IN. The van der Waals surface area contributed by atoms with E-state index in [4.69, 9.17) is 5.73 Å². The molecule has 0 heterocycles. The van der Waals surface area contributed by atoms with Gasteiger partial charge in [0.1, 0.15) is 0 Å². The molecule has 0 amide bonds. The van der Waals surface area contributed by atoms with Gasteiger partial charge in [-0.05, 0) is 58.7 Å². The van der Waals surface area contributed by atoms with E-state index in [1.165, 1.54) is 9.13 Å². The van der Waals surface area contributed by atoms with E-state index in [9.17, 15) is 0 Å². The highest BCUT2D eigenvalue weighted by molar-refractivity contribution is 14.1. The van der Waals surface area contributed by atoms with E-state index in [-0.39, 0.29) is 5.41 Å². The van der Waals surface area contributed by atoms with Gasteiger partial charge in [0.15, 0.2) is 0 Å². The van der Waals surface area contributed by atoms with Crippen molar-refractivity contribution < 1.29 is 0 Å². The normalized spacial score (nSPS) is 11.7. The van der Waals surface area contributed by atoms with Gasteiger partial charge in [0.25, 0.3) is 0 Å². The summed E-state index contributed by atoms with van der Waals surface area (Å²) in [7, 11) is 0. The zero-order chi connectivity index (χ0) is 9.90. The molecule has 0 aliphatic heterocycles. The average molecular weight is 289 g/mol. The molecule has 0 saturated heterocycles. The molecule has 13 heavy (non-hydrogen) atoms. The molecule has 0 aromatic heterocycles. The molecule has 0 fully saturated rings. The summed E-state index contributed by atoms with van der Waals surface area (Å²) >= 11 is 2.32. The lowest BCUT2D eigenvalue weighted by Gasteiger charge is -2.24. The lowest BCUT2D eigenvalue weighted by molar-refractivity contribution is 0.487. The molecule has 0 radical (unpaired) electrons. The highest BCUT2D eigenvalue weighted by atomic mass is 127. The van der Waals surface area contributed by atoms with Crippen LogP contribution in [0.5, 0.6) is 0 Å². The van der Waals surface area contributed by atoms with E-state index < -0.39 is 0 Å². The number of nitrogens with two attached hydrogens (primary N) is 1. The predicted molar refractivity (Wildman–Crippen MR) is 65.9 cm³/mol. The van der Waals surface area contributed by atoms with E-state index in [2.05, 4.69) is 60.7 Å². The first-order chi connectivity index (χ1) is 6.06. The summed E-state index contributed by atoms with van der Waals surface area (Å²) in [6, 6.07) is 8.68. The molecule has 1 aromatic rings. The SMILES string of the molecule is CC(C)(CCN)c1ccc(I)cc1. The molecule has 0 unspecified atom stereocenters. The molecule has 0 aliphatic rings. The Morgan fingerprint density at radius 3 is 2.23 bits per heavy atom. The van der Waals surface area contributed by atoms with Gasteiger partial charge in [-0.3, -0.25) is 0 Å². The van der Waals surface area contributed by atoms with Gasteiger partial charge in [-0.1, -0.05) is 26.0 Å². The molecule has 0 saturated carbocycles. The third kappa shape index (κ3) is 2.95. The van der Waals surface area contributed by atoms with Gasteiger partial charge in [-0.25, -0.2) is 0 Å². The zero-order valence-electron chi connectivity index (χ0n) is 8.18. The average Bonchev–Trinajstić information content (AvgIpc) is 2.05. The van der Waals surface area contributed by atoms with Crippen molar-refractivity contribution in [1.82, 2.24) is 0 Å². The molecule has 72 valence electrons. The van der Waals surface area contributed by atoms with Crippen molar-refractivity contribution in [3.63, 3.8) is 0 Å². The molecule has 0 bridgehead atoms. The molecule has 0 atom stereocenters. The van der Waals surface area contributed by atoms with Gasteiger partial charge in [0.2, 0.25) is 0 Å². The van der Waals surface area contributed by atoms with Crippen molar-refractivity contribution in [3.05, 3.63) is 33.4 Å². The number of hydrogen-bond donors (Lipinski definition) is 1. The minimum atomic E-state index is 0.207. The van der Waals surface area contributed by atoms with Crippen LogP contribution in [0.15, 0.2) is 24.3 Å². The monoisotopic (exact) mass is 289 g/mol. The first kappa shape index (κ1) is 11.0. The highest BCUT2D eigenvalue weighted by Gasteiger charge is 2.18. The minimum absolute atomic E-state index is 0.207. The zero-order valence-corrected chi connectivity index (χ0v) is 10.3. The van der Waals surface area contributed by atoms with Crippen LogP contribution in [-0.4, -0.2) is 6.54 Å². The van der Waals surface area contributed by atoms with Gasteiger partial charge < -0.3 is 5.73 Å². The summed E-state index contributed by atoms with van der Waals surface area (Å²) in [6.07, 6.45) is 1.04. The van der Waals surface area contributed by atoms with Crippen molar-refractivity contribution in [3.8, 4) is 0 Å². The summed E-state index contributed by atoms with van der Waals surface area (Å²) in [5, 5.41) is 0. The Morgan fingerprint density at radius 1 is 1.23 bits per heavy atom. The van der Waals surface area contributed by atoms with Crippen molar-refractivity contribution >= 4 is 22.6 Å². The first-order valence-corrected chi connectivity index (χ1v) is 5.60.